The number of aryl methyl sites for hydroxylation is 1. The minimum atomic E-state index is -0.963. The number of benzene rings is 1. The first-order chi connectivity index (χ1) is 9.54. The number of nitrogens with one attached hydrogen (secondary N) is 1. The fourth-order valence-corrected chi connectivity index (χ4v) is 1.72. The standard InChI is InChI=1S/C14H15N3O3/c1-10-6-16-17(8-10)9-13(18)15-7-11-2-4-12(5-3-11)14(19)20/h2-6,8H,7,9H2,1H3,(H,15,18)(H,19,20). The second kappa shape index (κ2) is 6.01. The average molecular weight is 273 g/mol. The third-order valence-corrected chi connectivity index (χ3v) is 2.76. The van der Waals surface area contributed by atoms with E-state index in [2.05, 4.69) is 10.4 Å². The second-order valence-electron chi connectivity index (χ2n) is 4.49. The maximum Gasteiger partial charge on any atom is 0.335 e. The van der Waals surface area contributed by atoms with Crippen molar-refractivity contribution in [1.82, 2.24) is 15.1 Å². The van der Waals surface area contributed by atoms with Crippen molar-refractivity contribution in [3.8, 4) is 0 Å². The van der Waals surface area contributed by atoms with E-state index in [1.54, 1.807) is 29.2 Å². The molecular formula is C14H15N3O3. The highest BCUT2D eigenvalue weighted by molar-refractivity contribution is 5.87. The number of rotatable bonds is 5. The van der Waals surface area contributed by atoms with Gasteiger partial charge in [-0.2, -0.15) is 5.10 Å². The van der Waals surface area contributed by atoms with Gasteiger partial charge >= 0.3 is 5.97 Å². The van der Waals surface area contributed by atoms with Gasteiger partial charge in [-0.05, 0) is 30.2 Å². The molecule has 2 aromatic rings. The molecule has 1 heterocycles. The van der Waals surface area contributed by atoms with Crippen LogP contribution in [0.1, 0.15) is 21.5 Å². The number of amides is 1. The zero-order valence-corrected chi connectivity index (χ0v) is 11.0. The molecule has 1 aromatic heterocycles. The van der Waals surface area contributed by atoms with Gasteiger partial charge in [0.05, 0.1) is 11.8 Å². The van der Waals surface area contributed by atoms with E-state index in [-0.39, 0.29) is 18.0 Å². The van der Waals surface area contributed by atoms with Crippen LogP contribution in [0, 0.1) is 6.92 Å². The van der Waals surface area contributed by atoms with Crippen molar-refractivity contribution in [2.75, 3.05) is 0 Å². The van der Waals surface area contributed by atoms with E-state index in [0.717, 1.165) is 11.1 Å². The van der Waals surface area contributed by atoms with Gasteiger partial charge in [-0.25, -0.2) is 4.79 Å². The summed E-state index contributed by atoms with van der Waals surface area (Å²) < 4.78 is 1.57. The second-order valence-corrected chi connectivity index (χ2v) is 4.49. The first-order valence-electron chi connectivity index (χ1n) is 6.12. The van der Waals surface area contributed by atoms with Crippen LogP contribution in [0.25, 0.3) is 0 Å². The van der Waals surface area contributed by atoms with Crippen LogP contribution in [0.15, 0.2) is 36.7 Å². The molecule has 104 valence electrons. The molecule has 1 aromatic carbocycles. The van der Waals surface area contributed by atoms with Gasteiger partial charge in [-0.1, -0.05) is 12.1 Å². The van der Waals surface area contributed by atoms with Gasteiger partial charge in [-0.15, -0.1) is 0 Å². The van der Waals surface area contributed by atoms with Crippen LogP contribution in [0.4, 0.5) is 0 Å². The molecule has 0 bridgehead atoms. The number of nitrogens with zero attached hydrogens (tertiary/aromatic N) is 2. The molecule has 1 amide bonds. The smallest absolute Gasteiger partial charge is 0.335 e. The van der Waals surface area contributed by atoms with Crippen molar-refractivity contribution in [3.63, 3.8) is 0 Å². The Morgan fingerprint density at radius 3 is 2.55 bits per heavy atom. The van der Waals surface area contributed by atoms with E-state index >= 15 is 0 Å². The van der Waals surface area contributed by atoms with Gasteiger partial charge in [0.2, 0.25) is 5.91 Å². The normalized spacial score (nSPS) is 10.2. The molecule has 0 aliphatic heterocycles. The Labute approximate surface area is 116 Å². The molecule has 0 unspecified atom stereocenters. The molecule has 20 heavy (non-hydrogen) atoms. The highest BCUT2D eigenvalue weighted by Crippen LogP contribution is 2.04. The predicted molar refractivity (Wildman–Crippen MR) is 72.2 cm³/mol. The highest BCUT2D eigenvalue weighted by atomic mass is 16.4. The molecule has 0 fully saturated rings. The van der Waals surface area contributed by atoms with Crippen LogP contribution in [0.5, 0.6) is 0 Å². The van der Waals surface area contributed by atoms with Crippen molar-refractivity contribution in [2.45, 2.75) is 20.0 Å². The van der Waals surface area contributed by atoms with Gasteiger partial charge < -0.3 is 10.4 Å². The molecule has 0 spiro atoms. The zero-order valence-electron chi connectivity index (χ0n) is 11.0. The Hall–Kier alpha value is -2.63. The van der Waals surface area contributed by atoms with Crippen LogP contribution >= 0.6 is 0 Å². The summed E-state index contributed by atoms with van der Waals surface area (Å²) in [7, 11) is 0. The Morgan fingerprint density at radius 1 is 1.30 bits per heavy atom. The Bertz CT molecular complexity index is 617. The number of aromatic carboxylic acids is 1. The van der Waals surface area contributed by atoms with Gasteiger partial charge in [0.15, 0.2) is 0 Å². The molecule has 0 aliphatic carbocycles. The fraction of sp³-hybridized carbons (Fsp3) is 0.214. The van der Waals surface area contributed by atoms with Crippen LogP contribution in [-0.4, -0.2) is 26.8 Å². The van der Waals surface area contributed by atoms with Gasteiger partial charge in [-0.3, -0.25) is 9.48 Å². The number of hydrogen-bond donors (Lipinski definition) is 2. The van der Waals surface area contributed by atoms with Crippen molar-refractivity contribution in [3.05, 3.63) is 53.3 Å². The largest absolute Gasteiger partial charge is 0.478 e. The lowest BCUT2D eigenvalue weighted by Gasteiger charge is -2.06. The Morgan fingerprint density at radius 2 is 2.00 bits per heavy atom. The molecule has 0 atom stereocenters. The average Bonchev–Trinajstić information content (AvgIpc) is 2.82. The minimum absolute atomic E-state index is 0.143. The van der Waals surface area contributed by atoms with Gasteiger partial charge in [0.25, 0.3) is 0 Å². The summed E-state index contributed by atoms with van der Waals surface area (Å²) in [6.07, 6.45) is 3.49. The predicted octanol–water partition coefficient (Wildman–Crippen LogP) is 1.21. The van der Waals surface area contributed by atoms with E-state index < -0.39 is 5.97 Å². The number of aromatic nitrogens is 2. The van der Waals surface area contributed by atoms with Gasteiger partial charge in [0, 0.05) is 12.7 Å². The summed E-state index contributed by atoms with van der Waals surface area (Å²) in [5.41, 5.74) is 2.08. The summed E-state index contributed by atoms with van der Waals surface area (Å²) in [4.78, 5) is 22.4. The van der Waals surface area contributed by atoms with E-state index in [0.29, 0.717) is 6.54 Å². The number of carboxylic acids is 1. The molecular weight excluding hydrogens is 258 g/mol. The Kier molecular flexibility index (Phi) is 4.14. The third-order valence-electron chi connectivity index (χ3n) is 2.76. The molecule has 2 rings (SSSR count). The van der Waals surface area contributed by atoms with Crippen molar-refractivity contribution >= 4 is 11.9 Å². The zero-order chi connectivity index (χ0) is 14.5. The molecule has 0 aliphatic rings. The van der Waals surface area contributed by atoms with Crippen molar-refractivity contribution in [2.24, 2.45) is 0 Å². The van der Waals surface area contributed by atoms with Crippen LogP contribution in [0.2, 0.25) is 0 Å². The first kappa shape index (κ1) is 13.8. The topological polar surface area (TPSA) is 84.2 Å². The molecule has 0 saturated heterocycles. The minimum Gasteiger partial charge on any atom is -0.478 e. The lowest BCUT2D eigenvalue weighted by molar-refractivity contribution is -0.122. The summed E-state index contributed by atoms with van der Waals surface area (Å²) in [6, 6.07) is 6.39. The van der Waals surface area contributed by atoms with Crippen molar-refractivity contribution < 1.29 is 14.7 Å². The Balaban J connectivity index is 1.85. The third kappa shape index (κ3) is 3.68. The highest BCUT2D eigenvalue weighted by Gasteiger charge is 2.05. The molecule has 6 nitrogen and oxygen atoms in total. The fourth-order valence-electron chi connectivity index (χ4n) is 1.72. The molecule has 6 heteroatoms. The van der Waals surface area contributed by atoms with E-state index in [4.69, 9.17) is 5.11 Å². The molecule has 0 radical (unpaired) electrons. The first-order valence-corrected chi connectivity index (χ1v) is 6.12. The number of carbonyl (C=O) groups is 2. The summed E-state index contributed by atoms with van der Waals surface area (Å²) in [5.74, 6) is -1.11. The van der Waals surface area contributed by atoms with Crippen LogP contribution in [0.3, 0.4) is 0 Å². The molecule has 2 N–H and O–H groups in total. The van der Waals surface area contributed by atoms with Crippen LogP contribution in [-0.2, 0) is 17.9 Å². The van der Waals surface area contributed by atoms with E-state index in [1.165, 1.54) is 12.1 Å². The molecule has 0 saturated carbocycles. The lowest BCUT2D eigenvalue weighted by atomic mass is 10.1. The monoisotopic (exact) mass is 273 g/mol. The van der Waals surface area contributed by atoms with E-state index in [9.17, 15) is 9.59 Å². The summed E-state index contributed by atoms with van der Waals surface area (Å²) >= 11 is 0. The summed E-state index contributed by atoms with van der Waals surface area (Å²) in [5, 5.41) is 15.6. The summed E-state index contributed by atoms with van der Waals surface area (Å²) in [6.45, 7) is 2.44. The maximum atomic E-state index is 11.7. The SMILES string of the molecule is Cc1cnn(CC(=O)NCc2ccc(C(=O)O)cc2)c1. The quantitative estimate of drug-likeness (QED) is 0.857. The van der Waals surface area contributed by atoms with E-state index in [1.807, 2.05) is 6.92 Å². The lowest BCUT2D eigenvalue weighted by Crippen LogP contribution is -2.27. The van der Waals surface area contributed by atoms with Crippen molar-refractivity contribution in [1.29, 1.82) is 0 Å². The maximum absolute atomic E-state index is 11.7. The number of hydrogen-bond acceptors (Lipinski definition) is 3. The number of carboxylic acid groups (broad SMARTS) is 1. The number of carbonyl (C=O) groups excluding carboxylic acids is 1. The van der Waals surface area contributed by atoms with Crippen LogP contribution < -0.4 is 5.32 Å². The van der Waals surface area contributed by atoms with Gasteiger partial charge in [0.1, 0.15) is 6.54 Å².